The number of ether oxygens (including phenoxy) is 1. The minimum atomic E-state index is -0.887. The summed E-state index contributed by atoms with van der Waals surface area (Å²) in [7, 11) is 0. The first kappa shape index (κ1) is 13.8. The van der Waals surface area contributed by atoms with Crippen LogP contribution in [0.15, 0.2) is 36.4 Å². The van der Waals surface area contributed by atoms with E-state index in [0.717, 1.165) is 0 Å². The normalized spacial score (nSPS) is 12.3. The molecule has 2 rings (SSSR count). The first-order valence-corrected chi connectivity index (χ1v) is 5.95. The molecule has 0 saturated heterocycles. The molecule has 0 unspecified atom stereocenters. The molecule has 0 spiro atoms. The monoisotopic (exact) mass is 284 g/mol. The fourth-order valence-electron chi connectivity index (χ4n) is 1.61. The number of aliphatic hydroxyl groups excluding tert-OH is 1. The zero-order chi connectivity index (χ0) is 14.0. The van der Waals surface area contributed by atoms with Gasteiger partial charge in [0.05, 0.1) is 11.1 Å². The quantitative estimate of drug-likeness (QED) is 0.901. The number of hydrogen-bond donors (Lipinski definition) is 1. The summed E-state index contributed by atoms with van der Waals surface area (Å²) in [5.74, 6) is -0.428. The first-order valence-electron chi connectivity index (χ1n) is 5.58. The highest BCUT2D eigenvalue weighted by atomic mass is 35.5. The van der Waals surface area contributed by atoms with Crippen molar-refractivity contribution < 1.29 is 18.6 Å². The molecule has 0 radical (unpaired) electrons. The van der Waals surface area contributed by atoms with Crippen molar-refractivity contribution in [2.45, 2.75) is 13.0 Å². The summed E-state index contributed by atoms with van der Waals surface area (Å²) in [6, 6.07) is 7.68. The molecular formula is C14H11ClF2O2. The van der Waals surface area contributed by atoms with E-state index in [1.165, 1.54) is 43.3 Å². The maximum absolute atomic E-state index is 13.1. The van der Waals surface area contributed by atoms with Crippen molar-refractivity contribution in [2.24, 2.45) is 0 Å². The molecule has 1 atom stereocenters. The SMILES string of the molecule is C[C@H](O)c1cc(F)ccc1Oc1ccc(F)c(Cl)c1. The number of hydrogen-bond acceptors (Lipinski definition) is 2. The highest BCUT2D eigenvalue weighted by molar-refractivity contribution is 6.30. The van der Waals surface area contributed by atoms with E-state index in [4.69, 9.17) is 16.3 Å². The molecule has 0 amide bonds. The number of rotatable bonds is 3. The van der Waals surface area contributed by atoms with Crippen LogP contribution in [0.3, 0.4) is 0 Å². The molecule has 0 heterocycles. The van der Waals surface area contributed by atoms with Gasteiger partial charge in [-0.05, 0) is 37.3 Å². The van der Waals surface area contributed by atoms with E-state index in [0.29, 0.717) is 17.1 Å². The molecule has 1 N–H and O–H groups in total. The smallest absolute Gasteiger partial charge is 0.142 e. The lowest BCUT2D eigenvalue weighted by Crippen LogP contribution is -1.97. The second kappa shape index (κ2) is 5.55. The molecule has 0 aromatic heterocycles. The molecule has 0 saturated carbocycles. The van der Waals surface area contributed by atoms with Gasteiger partial charge in [-0.15, -0.1) is 0 Å². The third-order valence-electron chi connectivity index (χ3n) is 2.54. The average molecular weight is 285 g/mol. The van der Waals surface area contributed by atoms with Crippen LogP contribution < -0.4 is 4.74 Å². The van der Waals surface area contributed by atoms with Crippen molar-refractivity contribution in [3.63, 3.8) is 0 Å². The molecule has 2 aromatic rings. The Bertz CT molecular complexity index is 600. The number of aliphatic hydroxyl groups is 1. The van der Waals surface area contributed by atoms with Gasteiger partial charge in [0.2, 0.25) is 0 Å². The van der Waals surface area contributed by atoms with Crippen LogP contribution in [0.1, 0.15) is 18.6 Å². The van der Waals surface area contributed by atoms with E-state index in [1.54, 1.807) is 0 Å². The van der Waals surface area contributed by atoms with Crippen LogP contribution in [-0.2, 0) is 0 Å². The van der Waals surface area contributed by atoms with Gasteiger partial charge in [0.25, 0.3) is 0 Å². The first-order chi connectivity index (χ1) is 8.97. The molecular weight excluding hydrogens is 274 g/mol. The van der Waals surface area contributed by atoms with Crippen LogP contribution in [0.4, 0.5) is 8.78 Å². The van der Waals surface area contributed by atoms with Crippen LogP contribution in [0, 0.1) is 11.6 Å². The van der Waals surface area contributed by atoms with E-state index in [1.807, 2.05) is 0 Å². The Labute approximate surface area is 114 Å². The van der Waals surface area contributed by atoms with Crippen LogP contribution >= 0.6 is 11.6 Å². The van der Waals surface area contributed by atoms with Gasteiger partial charge < -0.3 is 9.84 Å². The average Bonchev–Trinajstić information content (AvgIpc) is 2.36. The van der Waals surface area contributed by atoms with Crippen LogP contribution in [0.2, 0.25) is 5.02 Å². The van der Waals surface area contributed by atoms with Crippen molar-refractivity contribution in [1.82, 2.24) is 0 Å². The second-order valence-electron chi connectivity index (χ2n) is 4.04. The Hall–Kier alpha value is -1.65. The summed E-state index contributed by atoms with van der Waals surface area (Å²) in [5.41, 5.74) is 0.306. The third-order valence-corrected chi connectivity index (χ3v) is 2.83. The zero-order valence-electron chi connectivity index (χ0n) is 10.0. The molecule has 5 heteroatoms. The zero-order valence-corrected chi connectivity index (χ0v) is 10.8. The summed E-state index contributed by atoms with van der Waals surface area (Å²) in [4.78, 5) is 0. The van der Waals surface area contributed by atoms with E-state index < -0.39 is 17.7 Å². The minimum Gasteiger partial charge on any atom is -0.457 e. The molecule has 100 valence electrons. The second-order valence-corrected chi connectivity index (χ2v) is 4.44. The molecule has 0 aliphatic heterocycles. The van der Waals surface area contributed by atoms with Crippen LogP contribution in [0.5, 0.6) is 11.5 Å². The molecule has 2 aromatic carbocycles. The predicted molar refractivity (Wildman–Crippen MR) is 68.5 cm³/mol. The van der Waals surface area contributed by atoms with Gasteiger partial charge in [-0.25, -0.2) is 8.78 Å². The summed E-state index contributed by atoms with van der Waals surface area (Å²) in [5, 5.41) is 9.50. The van der Waals surface area contributed by atoms with E-state index in [-0.39, 0.29) is 5.02 Å². The molecule has 2 nitrogen and oxygen atoms in total. The summed E-state index contributed by atoms with van der Waals surface area (Å²) >= 11 is 5.64. The summed E-state index contributed by atoms with van der Waals surface area (Å²) in [6.07, 6.45) is -0.887. The Balaban J connectivity index is 2.35. The molecule has 0 aliphatic carbocycles. The van der Waals surface area contributed by atoms with Crippen molar-refractivity contribution in [3.8, 4) is 11.5 Å². The van der Waals surface area contributed by atoms with Crippen molar-refractivity contribution in [3.05, 3.63) is 58.6 Å². The lowest BCUT2D eigenvalue weighted by molar-refractivity contribution is 0.195. The Kier molecular flexibility index (Phi) is 4.02. The predicted octanol–water partition coefficient (Wildman–Crippen LogP) is 4.46. The lowest BCUT2D eigenvalue weighted by atomic mass is 10.1. The Morgan fingerprint density at radius 2 is 1.89 bits per heavy atom. The van der Waals surface area contributed by atoms with Gasteiger partial charge in [0, 0.05) is 11.6 Å². The lowest BCUT2D eigenvalue weighted by Gasteiger charge is -2.13. The van der Waals surface area contributed by atoms with Gasteiger partial charge in [0.15, 0.2) is 0 Å². The standard InChI is InChI=1S/C14H11ClF2O2/c1-8(18)11-6-9(16)2-5-14(11)19-10-3-4-13(17)12(15)7-10/h2-8,18H,1H3/t8-/m0/s1. The van der Waals surface area contributed by atoms with Gasteiger partial charge in [-0.2, -0.15) is 0 Å². The van der Waals surface area contributed by atoms with Crippen LogP contribution in [-0.4, -0.2) is 5.11 Å². The summed E-state index contributed by atoms with van der Waals surface area (Å²) in [6.45, 7) is 1.50. The largest absolute Gasteiger partial charge is 0.457 e. The van der Waals surface area contributed by atoms with Gasteiger partial charge >= 0.3 is 0 Å². The molecule has 0 bridgehead atoms. The molecule has 0 aliphatic rings. The van der Waals surface area contributed by atoms with Gasteiger partial charge in [-0.3, -0.25) is 0 Å². The van der Waals surface area contributed by atoms with Crippen molar-refractivity contribution >= 4 is 11.6 Å². The van der Waals surface area contributed by atoms with E-state index in [9.17, 15) is 13.9 Å². The van der Waals surface area contributed by atoms with E-state index in [2.05, 4.69) is 0 Å². The Morgan fingerprint density at radius 1 is 1.16 bits per heavy atom. The van der Waals surface area contributed by atoms with Crippen molar-refractivity contribution in [2.75, 3.05) is 0 Å². The fourth-order valence-corrected chi connectivity index (χ4v) is 1.78. The summed E-state index contributed by atoms with van der Waals surface area (Å²) < 4.78 is 31.6. The minimum absolute atomic E-state index is 0.0711. The molecule has 19 heavy (non-hydrogen) atoms. The number of halogens is 3. The third kappa shape index (κ3) is 3.22. The van der Waals surface area contributed by atoms with Gasteiger partial charge in [-0.1, -0.05) is 11.6 Å². The van der Waals surface area contributed by atoms with E-state index >= 15 is 0 Å². The maximum atomic E-state index is 13.1. The van der Waals surface area contributed by atoms with Crippen molar-refractivity contribution in [1.29, 1.82) is 0 Å². The number of benzene rings is 2. The maximum Gasteiger partial charge on any atom is 0.142 e. The fraction of sp³-hybridized carbons (Fsp3) is 0.143. The molecule has 0 fully saturated rings. The Morgan fingerprint density at radius 3 is 2.53 bits per heavy atom. The highest BCUT2D eigenvalue weighted by Crippen LogP contribution is 2.31. The van der Waals surface area contributed by atoms with Gasteiger partial charge in [0.1, 0.15) is 23.1 Å². The highest BCUT2D eigenvalue weighted by Gasteiger charge is 2.12. The van der Waals surface area contributed by atoms with Crippen LogP contribution in [0.25, 0.3) is 0 Å². The topological polar surface area (TPSA) is 29.5 Å².